The van der Waals surface area contributed by atoms with Crippen molar-refractivity contribution in [2.45, 2.75) is 12.1 Å². The summed E-state index contributed by atoms with van der Waals surface area (Å²) in [6.45, 7) is 0. The van der Waals surface area contributed by atoms with E-state index in [2.05, 4.69) is 0 Å². The van der Waals surface area contributed by atoms with Crippen molar-refractivity contribution in [3.63, 3.8) is 0 Å². The molecule has 0 saturated carbocycles. The lowest BCUT2D eigenvalue weighted by molar-refractivity contribution is -0.126. The van der Waals surface area contributed by atoms with Crippen LogP contribution in [-0.2, 0) is 14.4 Å². The zero-order valence-corrected chi connectivity index (χ0v) is 16.3. The Kier molecular flexibility index (Phi) is 4.52. The molecule has 7 heteroatoms. The second-order valence-electron chi connectivity index (χ2n) is 7.40. The number of carboxylic acid groups (broad SMARTS) is 1. The van der Waals surface area contributed by atoms with Crippen molar-refractivity contribution in [3.05, 3.63) is 96.1 Å². The minimum atomic E-state index is -1.11. The van der Waals surface area contributed by atoms with E-state index >= 15 is 0 Å². The van der Waals surface area contributed by atoms with Gasteiger partial charge in [-0.25, -0.2) is 14.8 Å². The van der Waals surface area contributed by atoms with E-state index in [1.165, 1.54) is 11.1 Å². The van der Waals surface area contributed by atoms with Crippen LogP contribution in [0.2, 0.25) is 0 Å². The van der Waals surface area contributed by atoms with Crippen LogP contribution in [0, 0.1) is 5.92 Å². The average molecular weight is 414 g/mol. The number of rotatable bonds is 4. The molecule has 2 aliphatic heterocycles. The van der Waals surface area contributed by atoms with Gasteiger partial charge in [0.15, 0.2) is 6.10 Å². The maximum absolute atomic E-state index is 13.5. The molecular formula is C24H18N2O5. The largest absolute Gasteiger partial charge is 0.478 e. The van der Waals surface area contributed by atoms with Gasteiger partial charge in [0.2, 0.25) is 5.91 Å². The summed E-state index contributed by atoms with van der Waals surface area (Å²) in [4.78, 5) is 45.8. The minimum absolute atomic E-state index is 0.0658. The Morgan fingerprint density at radius 2 is 1.35 bits per heavy atom. The van der Waals surface area contributed by atoms with Crippen molar-refractivity contribution in [2.24, 2.45) is 5.92 Å². The van der Waals surface area contributed by atoms with E-state index in [0.717, 1.165) is 4.90 Å². The van der Waals surface area contributed by atoms with Gasteiger partial charge in [-0.15, -0.1) is 0 Å². The molecule has 0 bridgehead atoms. The molecule has 0 unspecified atom stereocenters. The summed E-state index contributed by atoms with van der Waals surface area (Å²) in [7, 11) is 0. The molecule has 0 radical (unpaired) electrons. The Morgan fingerprint density at radius 1 is 0.774 bits per heavy atom. The third kappa shape index (κ3) is 2.98. The van der Waals surface area contributed by atoms with Crippen LogP contribution < -0.4 is 9.96 Å². The van der Waals surface area contributed by atoms with Crippen molar-refractivity contribution in [1.29, 1.82) is 0 Å². The smallest absolute Gasteiger partial charge is 0.336 e. The van der Waals surface area contributed by atoms with E-state index in [1.54, 1.807) is 60.7 Å². The summed E-state index contributed by atoms with van der Waals surface area (Å²) in [6, 6.07) is 23.5. The molecule has 31 heavy (non-hydrogen) atoms. The van der Waals surface area contributed by atoms with Crippen LogP contribution in [0.4, 0.5) is 11.4 Å². The van der Waals surface area contributed by atoms with Crippen molar-refractivity contribution >= 4 is 29.2 Å². The molecule has 3 aromatic rings. The molecular weight excluding hydrogens is 396 g/mol. The van der Waals surface area contributed by atoms with Crippen LogP contribution in [0.3, 0.4) is 0 Å². The SMILES string of the molecule is O=C(O)c1ccccc1[C@@H]1[C@H]2C(=O)N(c3ccccc3)C(=O)[C@H]2ON1c1ccccc1. The van der Waals surface area contributed by atoms with Crippen LogP contribution in [0.25, 0.3) is 0 Å². The number of benzene rings is 3. The van der Waals surface area contributed by atoms with Crippen LogP contribution in [-0.4, -0.2) is 29.0 Å². The van der Waals surface area contributed by atoms with E-state index in [4.69, 9.17) is 4.84 Å². The molecule has 0 spiro atoms. The van der Waals surface area contributed by atoms with Gasteiger partial charge in [-0.3, -0.25) is 14.4 Å². The molecule has 2 fully saturated rings. The van der Waals surface area contributed by atoms with Crippen molar-refractivity contribution in [1.82, 2.24) is 0 Å². The summed E-state index contributed by atoms with van der Waals surface area (Å²) in [5.74, 6) is -2.86. The first-order valence-electron chi connectivity index (χ1n) is 9.84. The van der Waals surface area contributed by atoms with Crippen LogP contribution in [0.1, 0.15) is 22.0 Å². The van der Waals surface area contributed by atoms with Crippen molar-refractivity contribution in [2.75, 3.05) is 9.96 Å². The van der Waals surface area contributed by atoms with Gasteiger partial charge in [-0.2, -0.15) is 0 Å². The highest BCUT2D eigenvalue weighted by Gasteiger charge is 2.60. The highest BCUT2D eigenvalue weighted by molar-refractivity contribution is 6.24. The standard InChI is InChI=1S/C24H18N2O5/c27-22-19-20(17-13-7-8-14-18(17)24(29)30)26(16-11-5-2-6-12-16)31-21(19)23(28)25(22)15-9-3-1-4-10-15/h1-14,19-21H,(H,29,30)/t19-,20-,21+/m1/s1. The molecule has 2 saturated heterocycles. The monoisotopic (exact) mass is 414 g/mol. The second-order valence-corrected chi connectivity index (χ2v) is 7.40. The number of imide groups is 1. The maximum Gasteiger partial charge on any atom is 0.336 e. The van der Waals surface area contributed by atoms with Gasteiger partial charge in [-0.05, 0) is 35.9 Å². The number of amides is 2. The number of fused-ring (bicyclic) bond motifs is 1. The zero-order chi connectivity index (χ0) is 21.5. The molecule has 3 atom stereocenters. The number of carbonyl (C=O) groups is 3. The number of hydrogen-bond donors (Lipinski definition) is 1. The maximum atomic E-state index is 13.5. The van der Waals surface area contributed by atoms with E-state index in [9.17, 15) is 19.5 Å². The first-order valence-corrected chi connectivity index (χ1v) is 9.84. The first-order chi connectivity index (χ1) is 15.1. The number of anilines is 2. The summed E-state index contributed by atoms with van der Waals surface area (Å²) in [5.41, 5.74) is 1.58. The zero-order valence-electron chi connectivity index (χ0n) is 16.3. The van der Waals surface area contributed by atoms with Gasteiger partial charge in [0, 0.05) is 0 Å². The van der Waals surface area contributed by atoms with E-state index in [1.807, 2.05) is 18.2 Å². The molecule has 0 aliphatic carbocycles. The van der Waals surface area contributed by atoms with E-state index in [0.29, 0.717) is 16.9 Å². The third-order valence-corrected chi connectivity index (χ3v) is 5.65. The van der Waals surface area contributed by atoms with Crippen molar-refractivity contribution in [3.8, 4) is 0 Å². The fourth-order valence-electron chi connectivity index (χ4n) is 4.31. The Morgan fingerprint density at radius 3 is 2.00 bits per heavy atom. The number of hydrogen-bond acceptors (Lipinski definition) is 5. The highest BCUT2D eigenvalue weighted by atomic mass is 16.7. The lowest BCUT2D eigenvalue weighted by atomic mass is 9.88. The van der Waals surface area contributed by atoms with Gasteiger partial charge in [-0.1, -0.05) is 54.6 Å². The van der Waals surface area contributed by atoms with Crippen LogP contribution in [0.15, 0.2) is 84.9 Å². The molecule has 2 heterocycles. The lowest BCUT2D eigenvalue weighted by Gasteiger charge is -2.29. The third-order valence-electron chi connectivity index (χ3n) is 5.65. The fourth-order valence-corrected chi connectivity index (χ4v) is 4.31. The average Bonchev–Trinajstić information content (AvgIpc) is 3.31. The molecule has 154 valence electrons. The summed E-state index contributed by atoms with van der Waals surface area (Å²) in [5, 5.41) is 11.2. The molecule has 1 N–H and O–H groups in total. The quantitative estimate of drug-likeness (QED) is 0.658. The van der Waals surface area contributed by atoms with Gasteiger partial charge >= 0.3 is 5.97 Å². The van der Waals surface area contributed by atoms with Gasteiger partial charge in [0.25, 0.3) is 5.91 Å². The molecule has 7 nitrogen and oxygen atoms in total. The first kappa shape index (κ1) is 19.0. The van der Waals surface area contributed by atoms with Gasteiger partial charge < -0.3 is 5.11 Å². The topological polar surface area (TPSA) is 87.2 Å². The predicted octanol–water partition coefficient (Wildman–Crippen LogP) is 3.44. The Bertz CT molecular complexity index is 1160. The summed E-state index contributed by atoms with van der Waals surface area (Å²) in [6.07, 6.45) is -1.04. The number of hydroxylamine groups is 1. The number of carboxylic acids is 1. The van der Waals surface area contributed by atoms with Gasteiger partial charge in [0.05, 0.1) is 23.0 Å². The minimum Gasteiger partial charge on any atom is -0.478 e. The van der Waals surface area contributed by atoms with Gasteiger partial charge in [0.1, 0.15) is 5.92 Å². The summed E-state index contributed by atoms with van der Waals surface area (Å²) >= 11 is 0. The van der Waals surface area contributed by atoms with E-state index in [-0.39, 0.29) is 5.56 Å². The van der Waals surface area contributed by atoms with Crippen molar-refractivity contribution < 1.29 is 24.3 Å². The van der Waals surface area contributed by atoms with Crippen LogP contribution >= 0.6 is 0 Å². The predicted molar refractivity (Wildman–Crippen MR) is 112 cm³/mol. The summed E-state index contributed by atoms with van der Waals surface area (Å²) < 4.78 is 0. The van der Waals surface area contributed by atoms with Crippen LogP contribution in [0.5, 0.6) is 0 Å². The Balaban J connectivity index is 1.64. The van der Waals surface area contributed by atoms with E-state index < -0.39 is 35.8 Å². The molecule has 0 aromatic heterocycles. The Hall–Kier alpha value is -3.97. The molecule has 2 aliphatic rings. The normalized spacial score (nSPS) is 22.6. The highest BCUT2D eigenvalue weighted by Crippen LogP contribution is 2.48. The number of aromatic carboxylic acids is 1. The molecule has 2 amide bonds. The number of para-hydroxylation sites is 2. The second kappa shape index (κ2) is 7.37. The molecule has 5 rings (SSSR count). The molecule has 3 aromatic carbocycles. The Labute approximate surface area is 178 Å². The fraction of sp³-hybridized carbons (Fsp3) is 0.125. The lowest BCUT2D eigenvalue weighted by Crippen LogP contribution is -2.37. The number of nitrogens with zero attached hydrogens (tertiary/aromatic N) is 2. The number of carbonyl (C=O) groups excluding carboxylic acids is 2.